The molecule has 2 aromatic carbocycles. The summed E-state index contributed by atoms with van der Waals surface area (Å²) in [7, 11) is 0. The molecule has 3 amide bonds. The first-order chi connectivity index (χ1) is 15.8. The lowest BCUT2D eigenvalue weighted by molar-refractivity contribution is -0.137. The number of carbonyl (C=O) groups excluding carboxylic acids is 3. The summed E-state index contributed by atoms with van der Waals surface area (Å²) in [6.07, 6.45) is -0.268. The minimum Gasteiger partial charge on any atom is -0.481 e. The van der Waals surface area contributed by atoms with Crippen LogP contribution in [0.2, 0.25) is 5.02 Å². The van der Waals surface area contributed by atoms with Gasteiger partial charge in [0.05, 0.1) is 22.6 Å². The van der Waals surface area contributed by atoms with Gasteiger partial charge < -0.3 is 10.4 Å². The van der Waals surface area contributed by atoms with Crippen LogP contribution in [0.15, 0.2) is 53.4 Å². The molecule has 2 heterocycles. The molecule has 0 atom stereocenters. The van der Waals surface area contributed by atoms with E-state index in [0.717, 1.165) is 11.8 Å². The van der Waals surface area contributed by atoms with Crippen LogP contribution >= 0.6 is 35.6 Å². The van der Waals surface area contributed by atoms with Crippen molar-refractivity contribution in [1.82, 2.24) is 4.90 Å². The molecule has 0 spiro atoms. The van der Waals surface area contributed by atoms with Gasteiger partial charge in [0.25, 0.3) is 11.8 Å². The Labute approximate surface area is 203 Å². The number of thioether (sulfide) groups is 1. The van der Waals surface area contributed by atoms with Gasteiger partial charge in [-0.05, 0) is 24.3 Å². The van der Waals surface area contributed by atoms with Crippen molar-refractivity contribution in [1.29, 1.82) is 0 Å². The van der Waals surface area contributed by atoms with Gasteiger partial charge in [-0.1, -0.05) is 59.8 Å². The molecule has 0 saturated carbocycles. The molecule has 168 valence electrons. The summed E-state index contributed by atoms with van der Waals surface area (Å²) in [6.45, 7) is -0.358. The van der Waals surface area contributed by atoms with Gasteiger partial charge in [0, 0.05) is 22.8 Å². The predicted octanol–water partition coefficient (Wildman–Crippen LogP) is 3.37. The Kier molecular flexibility index (Phi) is 6.50. The van der Waals surface area contributed by atoms with Crippen molar-refractivity contribution < 1.29 is 24.3 Å². The number of halogens is 1. The average molecular weight is 502 g/mol. The molecule has 33 heavy (non-hydrogen) atoms. The van der Waals surface area contributed by atoms with Gasteiger partial charge in [-0.25, -0.2) is 0 Å². The summed E-state index contributed by atoms with van der Waals surface area (Å²) in [5, 5.41) is 12.1. The summed E-state index contributed by atoms with van der Waals surface area (Å²) in [6, 6.07) is 13.5. The summed E-state index contributed by atoms with van der Waals surface area (Å²) in [5.41, 5.74) is 1.65. The number of benzene rings is 2. The highest BCUT2D eigenvalue weighted by Gasteiger charge is 2.42. The van der Waals surface area contributed by atoms with E-state index in [1.165, 1.54) is 9.80 Å². The summed E-state index contributed by atoms with van der Waals surface area (Å²) < 4.78 is 0.186. The van der Waals surface area contributed by atoms with Gasteiger partial charge in [0.15, 0.2) is 0 Å². The van der Waals surface area contributed by atoms with E-state index >= 15 is 0 Å². The van der Waals surface area contributed by atoms with E-state index in [4.69, 9.17) is 28.9 Å². The molecule has 1 fully saturated rings. The molecule has 0 radical (unpaired) electrons. The minimum atomic E-state index is -1.06. The van der Waals surface area contributed by atoms with Gasteiger partial charge in [-0.15, -0.1) is 0 Å². The maximum absolute atomic E-state index is 13.4. The number of rotatable bonds is 6. The van der Waals surface area contributed by atoms with Crippen LogP contribution in [0.25, 0.3) is 5.57 Å². The molecular weight excluding hydrogens is 486 g/mol. The molecule has 8 nitrogen and oxygen atoms in total. The Bertz CT molecular complexity index is 1250. The van der Waals surface area contributed by atoms with Crippen molar-refractivity contribution in [2.45, 2.75) is 6.42 Å². The van der Waals surface area contributed by atoms with E-state index in [1.54, 1.807) is 48.5 Å². The zero-order valence-corrected chi connectivity index (χ0v) is 19.3. The van der Waals surface area contributed by atoms with Crippen LogP contribution in [-0.2, 0) is 19.2 Å². The van der Waals surface area contributed by atoms with Crippen molar-refractivity contribution in [3.05, 3.63) is 64.0 Å². The second kappa shape index (κ2) is 9.34. The zero-order chi connectivity index (χ0) is 23.7. The third-order valence-electron chi connectivity index (χ3n) is 4.96. The molecule has 2 N–H and O–H groups in total. The Hall–Kier alpha value is -3.21. The highest BCUT2D eigenvalue weighted by atomic mass is 35.5. The number of anilines is 2. The number of hydrogen-bond donors (Lipinski definition) is 2. The fourth-order valence-electron chi connectivity index (χ4n) is 3.52. The number of hydrogen-bond acceptors (Lipinski definition) is 6. The van der Waals surface area contributed by atoms with E-state index in [9.17, 15) is 19.2 Å². The molecule has 2 aliphatic rings. The van der Waals surface area contributed by atoms with Crippen LogP contribution in [0.3, 0.4) is 0 Å². The summed E-state index contributed by atoms with van der Waals surface area (Å²) >= 11 is 12.2. The fourth-order valence-corrected chi connectivity index (χ4v) is 5.09. The maximum Gasteiger partial charge on any atom is 0.305 e. The van der Waals surface area contributed by atoms with E-state index in [2.05, 4.69) is 5.32 Å². The highest BCUT2D eigenvalue weighted by molar-refractivity contribution is 8.26. The molecule has 11 heteroatoms. The number of carboxylic acids is 1. The van der Waals surface area contributed by atoms with Crippen molar-refractivity contribution in [3.63, 3.8) is 0 Å². The third kappa shape index (κ3) is 4.63. The number of thiocarbonyl (C=S) groups is 1. The molecule has 1 saturated heterocycles. The largest absolute Gasteiger partial charge is 0.481 e. The lowest BCUT2D eigenvalue weighted by atomic mass is 10.1. The smallest absolute Gasteiger partial charge is 0.305 e. The summed E-state index contributed by atoms with van der Waals surface area (Å²) in [4.78, 5) is 52.5. The number of carbonyl (C=O) groups is 4. The number of fused-ring (bicyclic) bond motifs is 1. The fraction of sp³-hybridized carbons (Fsp3) is 0.136. The van der Waals surface area contributed by atoms with E-state index in [-0.39, 0.29) is 34.3 Å². The molecule has 2 aliphatic heterocycles. The minimum absolute atomic E-state index is 0.0849. The normalized spacial score (nSPS) is 17.5. The topological polar surface area (TPSA) is 107 Å². The number of nitrogens with one attached hydrogen (secondary N) is 1. The first-order valence-electron chi connectivity index (χ1n) is 9.72. The number of para-hydroxylation sites is 1. The Morgan fingerprint density at radius 1 is 1.06 bits per heavy atom. The Balaban J connectivity index is 1.62. The van der Waals surface area contributed by atoms with Crippen LogP contribution < -0.4 is 10.2 Å². The molecule has 0 aliphatic carbocycles. The molecule has 0 aromatic heterocycles. The second-order valence-corrected chi connectivity index (χ2v) is 9.22. The van der Waals surface area contributed by atoms with Gasteiger partial charge in [-0.3, -0.25) is 29.0 Å². The standard InChI is InChI=1S/C22H16ClN3O5S2/c23-12-4-3-5-13(10-12)24-16(27)11-26-15-7-2-1-6-14(15)18(20(26)30)19-21(31)25(22(32)33-19)9-8-17(28)29/h1-7,10H,8-9,11H2,(H,24,27)(H,28,29)/b19-18+. The van der Waals surface area contributed by atoms with Crippen molar-refractivity contribution >= 4 is 80.5 Å². The molecule has 4 rings (SSSR count). The number of aliphatic carboxylic acids is 1. The van der Waals surface area contributed by atoms with Crippen LogP contribution in [0.5, 0.6) is 0 Å². The Morgan fingerprint density at radius 2 is 1.82 bits per heavy atom. The maximum atomic E-state index is 13.4. The molecular formula is C22H16ClN3O5S2. The van der Waals surface area contributed by atoms with Gasteiger partial charge in [0.1, 0.15) is 10.9 Å². The van der Waals surface area contributed by atoms with E-state index < -0.39 is 23.7 Å². The lowest BCUT2D eigenvalue weighted by Gasteiger charge is -2.17. The van der Waals surface area contributed by atoms with Crippen LogP contribution in [-0.4, -0.2) is 51.1 Å². The van der Waals surface area contributed by atoms with E-state index in [0.29, 0.717) is 22.0 Å². The van der Waals surface area contributed by atoms with Crippen molar-refractivity contribution in [2.24, 2.45) is 0 Å². The van der Waals surface area contributed by atoms with Gasteiger partial charge in [-0.2, -0.15) is 0 Å². The average Bonchev–Trinajstić information content (AvgIpc) is 3.19. The van der Waals surface area contributed by atoms with Crippen LogP contribution in [0.4, 0.5) is 11.4 Å². The predicted molar refractivity (Wildman–Crippen MR) is 130 cm³/mol. The van der Waals surface area contributed by atoms with Crippen molar-refractivity contribution in [3.8, 4) is 0 Å². The van der Waals surface area contributed by atoms with Crippen LogP contribution in [0.1, 0.15) is 12.0 Å². The first-order valence-corrected chi connectivity index (χ1v) is 11.3. The summed E-state index contributed by atoms with van der Waals surface area (Å²) in [5.74, 6) is -2.52. The second-order valence-electron chi connectivity index (χ2n) is 7.14. The quantitative estimate of drug-likeness (QED) is 0.461. The third-order valence-corrected chi connectivity index (χ3v) is 6.64. The Morgan fingerprint density at radius 3 is 2.55 bits per heavy atom. The van der Waals surface area contributed by atoms with Crippen LogP contribution in [0, 0.1) is 0 Å². The van der Waals surface area contributed by atoms with Crippen molar-refractivity contribution in [2.75, 3.05) is 23.3 Å². The number of amides is 3. The highest BCUT2D eigenvalue weighted by Crippen LogP contribution is 2.44. The van der Waals surface area contributed by atoms with Gasteiger partial charge >= 0.3 is 5.97 Å². The van der Waals surface area contributed by atoms with Gasteiger partial charge in [0.2, 0.25) is 5.91 Å². The molecule has 2 aromatic rings. The number of nitrogens with zero attached hydrogens (tertiary/aromatic N) is 2. The van der Waals surface area contributed by atoms with E-state index in [1.807, 2.05) is 0 Å². The molecule has 0 unspecified atom stereocenters. The molecule has 0 bridgehead atoms. The first kappa shape index (κ1) is 23.0. The monoisotopic (exact) mass is 501 g/mol. The SMILES string of the molecule is O=C(O)CCN1C(=O)/C(=C2\C(=O)N(CC(=O)Nc3cccc(Cl)c3)c3ccccc32)SC1=S. The lowest BCUT2D eigenvalue weighted by Crippen LogP contribution is -2.35. The zero-order valence-electron chi connectivity index (χ0n) is 16.9. The number of carboxylic acid groups (broad SMARTS) is 1.